The van der Waals surface area contributed by atoms with Gasteiger partial charge < -0.3 is 25.4 Å². The smallest absolute Gasteiger partial charge is 0.416 e. The molecule has 2 aliphatic heterocycles. The predicted octanol–water partition coefficient (Wildman–Crippen LogP) is 5.16. The maximum absolute atomic E-state index is 13.2. The number of rotatable bonds is 4. The van der Waals surface area contributed by atoms with Crippen LogP contribution in [0.4, 0.5) is 29.3 Å². The fraction of sp³-hybridized carbons (Fsp3) is 0.385. The van der Waals surface area contributed by atoms with Gasteiger partial charge in [0.05, 0.1) is 11.7 Å². The number of aliphatic hydroxyl groups is 1. The average molecular weight is 502 g/mol. The standard InChI is InChI=1S/C26H26F3N3O4/c1-15(33)13-32-14-16-3-5-19(11-21(16)31-24(32)35)30-23(34)9-17-12-25(7-2-8-25)36-22-10-18(26(27,28)29)4-6-20(17)22/h3-6,9-11,15,33H,2,7-8,12-14H2,1H3,(H,30,34)(H,31,35)/t15-/m0/s1. The molecule has 3 N–H and O–H groups in total. The van der Waals surface area contributed by atoms with Crippen molar-refractivity contribution in [2.45, 2.75) is 57.0 Å². The van der Waals surface area contributed by atoms with Crippen LogP contribution in [0.25, 0.3) is 5.57 Å². The van der Waals surface area contributed by atoms with E-state index < -0.39 is 29.4 Å². The van der Waals surface area contributed by atoms with Gasteiger partial charge in [0.1, 0.15) is 11.4 Å². The van der Waals surface area contributed by atoms with E-state index in [4.69, 9.17) is 4.74 Å². The van der Waals surface area contributed by atoms with Gasteiger partial charge in [-0.05, 0) is 61.6 Å². The van der Waals surface area contributed by atoms with Gasteiger partial charge in [-0.1, -0.05) is 12.1 Å². The average Bonchev–Trinajstić information content (AvgIpc) is 2.77. The number of nitrogens with zero attached hydrogens (tertiary/aromatic N) is 1. The minimum atomic E-state index is -4.49. The highest BCUT2D eigenvalue weighted by molar-refractivity contribution is 6.05. The molecule has 190 valence electrons. The minimum absolute atomic E-state index is 0.146. The molecule has 7 nitrogen and oxygen atoms in total. The van der Waals surface area contributed by atoms with Gasteiger partial charge in [-0.25, -0.2) is 4.79 Å². The number of β-amino-alcohol motifs (C(OH)–C–C–N with tert-alkyl or cyclic N) is 1. The van der Waals surface area contributed by atoms with Crippen LogP contribution < -0.4 is 15.4 Å². The number of fused-ring (bicyclic) bond motifs is 2. The highest BCUT2D eigenvalue weighted by atomic mass is 19.4. The molecule has 0 aromatic heterocycles. The van der Waals surface area contributed by atoms with Gasteiger partial charge in [0.15, 0.2) is 0 Å². The number of alkyl halides is 3. The third-order valence-electron chi connectivity index (χ3n) is 6.82. The molecule has 5 rings (SSSR count). The summed E-state index contributed by atoms with van der Waals surface area (Å²) in [5.41, 5.74) is 1.63. The summed E-state index contributed by atoms with van der Waals surface area (Å²) in [7, 11) is 0. The lowest BCUT2D eigenvalue weighted by atomic mass is 9.72. The summed E-state index contributed by atoms with van der Waals surface area (Å²) >= 11 is 0. The Balaban J connectivity index is 1.36. The van der Waals surface area contributed by atoms with Crippen LogP contribution in [0, 0.1) is 0 Å². The summed E-state index contributed by atoms with van der Waals surface area (Å²) in [5.74, 6) is -0.280. The van der Waals surface area contributed by atoms with Gasteiger partial charge in [0.25, 0.3) is 0 Å². The minimum Gasteiger partial charge on any atom is -0.486 e. The summed E-state index contributed by atoms with van der Waals surface area (Å²) in [6.07, 6.45) is -0.924. The van der Waals surface area contributed by atoms with Gasteiger partial charge in [-0.15, -0.1) is 0 Å². The monoisotopic (exact) mass is 501 g/mol. The summed E-state index contributed by atoms with van der Waals surface area (Å²) in [4.78, 5) is 26.7. The Morgan fingerprint density at radius 2 is 2.06 bits per heavy atom. The number of carbonyl (C=O) groups excluding carboxylic acids is 2. The zero-order chi connectivity index (χ0) is 25.7. The largest absolute Gasteiger partial charge is 0.486 e. The van der Waals surface area contributed by atoms with Gasteiger partial charge >= 0.3 is 12.2 Å². The first-order valence-corrected chi connectivity index (χ1v) is 11.8. The molecule has 0 unspecified atom stereocenters. The number of urea groups is 1. The van der Waals surface area contributed by atoms with E-state index in [1.165, 1.54) is 17.0 Å². The second-order valence-corrected chi connectivity index (χ2v) is 9.71. The Bertz CT molecular complexity index is 1250. The molecule has 0 saturated heterocycles. The van der Waals surface area contributed by atoms with Crippen LogP contribution in [0.15, 0.2) is 42.5 Å². The number of aliphatic hydroxyl groups excluding tert-OH is 1. The van der Waals surface area contributed by atoms with Crippen molar-refractivity contribution in [2.24, 2.45) is 0 Å². The molecule has 1 spiro atoms. The topological polar surface area (TPSA) is 90.9 Å². The first kappa shape index (κ1) is 24.2. The lowest BCUT2D eigenvalue weighted by Crippen LogP contribution is -2.45. The lowest BCUT2D eigenvalue weighted by molar-refractivity contribution is -0.138. The van der Waals surface area contributed by atoms with E-state index in [1.807, 2.05) is 0 Å². The van der Waals surface area contributed by atoms with Crippen molar-refractivity contribution in [2.75, 3.05) is 17.2 Å². The molecule has 0 radical (unpaired) electrons. The molecule has 1 aliphatic carbocycles. The molecule has 1 fully saturated rings. The van der Waals surface area contributed by atoms with Crippen molar-refractivity contribution in [3.63, 3.8) is 0 Å². The molecule has 0 bridgehead atoms. The van der Waals surface area contributed by atoms with E-state index in [-0.39, 0.29) is 18.3 Å². The van der Waals surface area contributed by atoms with E-state index in [0.29, 0.717) is 35.5 Å². The second kappa shape index (κ2) is 8.85. The van der Waals surface area contributed by atoms with E-state index in [0.717, 1.165) is 37.0 Å². The van der Waals surface area contributed by atoms with Crippen molar-refractivity contribution in [3.05, 3.63) is 59.2 Å². The number of hydrogen-bond donors (Lipinski definition) is 3. The normalized spacial score (nSPS) is 20.1. The molecule has 10 heteroatoms. The molecule has 1 atom stereocenters. The maximum Gasteiger partial charge on any atom is 0.416 e. The first-order chi connectivity index (χ1) is 17.0. The Hall–Kier alpha value is -3.53. The predicted molar refractivity (Wildman–Crippen MR) is 127 cm³/mol. The van der Waals surface area contributed by atoms with Crippen LogP contribution in [0.2, 0.25) is 0 Å². The molecule has 2 aromatic rings. The number of halogens is 3. The Morgan fingerprint density at radius 1 is 1.28 bits per heavy atom. The van der Waals surface area contributed by atoms with Gasteiger partial charge in [0.2, 0.25) is 5.91 Å². The van der Waals surface area contributed by atoms with Crippen molar-refractivity contribution in [1.29, 1.82) is 0 Å². The lowest BCUT2D eigenvalue weighted by Gasteiger charge is -2.46. The third-order valence-corrected chi connectivity index (χ3v) is 6.82. The summed E-state index contributed by atoms with van der Waals surface area (Å²) < 4.78 is 45.7. The Kier molecular flexibility index (Phi) is 5.94. The fourth-order valence-electron chi connectivity index (χ4n) is 4.92. The molecule has 2 aromatic carbocycles. The number of anilines is 2. The number of amides is 3. The zero-order valence-electron chi connectivity index (χ0n) is 19.6. The first-order valence-electron chi connectivity index (χ1n) is 11.8. The number of benzene rings is 2. The van der Waals surface area contributed by atoms with Crippen molar-refractivity contribution >= 4 is 28.9 Å². The zero-order valence-corrected chi connectivity index (χ0v) is 19.6. The van der Waals surface area contributed by atoms with Crippen molar-refractivity contribution in [1.82, 2.24) is 4.90 Å². The molecule has 36 heavy (non-hydrogen) atoms. The number of carbonyl (C=O) groups is 2. The molecule has 3 aliphatic rings. The van der Waals surface area contributed by atoms with Crippen LogP contribution in [-0.2, 0) is 17.5 Å². The number of ether oxygens (including phenoxy) is 1. The van der Waals surface area contributed by atoms with E-state index in [2.05, 4.69) is 10.6 Å². The van der Waals surface area contributed by atoms with Crippen LogP contribution >= 0.6 is 0 Å². The summed E-state index contributed by atoms with van der Waals surface area (Å²) in [6.45, 7) is 2.15. The fourth-order valence-corrected chi connectivity index (χ4v) is 4.92. The molecule has 1 saturated carbocycles. The maximum atomic E-state index is 13.2. The second-order valence-electron chi connectivity index (χ2n) is 9.71. The van der Waals surface area contributed by atoms with E-state index >= 15 is 0 Å². The third kappa shape index (κ3) is 4.77. The van der Waals surface area contributed by atoms with Crippen LogP contribution in [0.5, 0.6) is 5.75 Å². The number of nitrogens with one attached hydrogen (secondary N) is 2. The molecule has 2 heterocycles. The SMILES string of the molecule is C[C@H](O)CN1Cc2ccc(NC(=O)C=C3CC4(CCC4)Oc4cc(C(F)(F)F)ccc43)cc2NC1=O. The van der Waals surface area contributed by atoms with E-state index in [9.17, 15) is 27.9 Å². The molecular weight excluding hydrogens is 475 g/mol. The Morgan fingerprint density at radius 3 is 2.72 bits per heavy atom. The van der Waals surface area contributed by atoms with Crippen LogP contribution in [0.1, 0.15) is 49.3 Å². The Labute approximate surface area is 205 Å². The molecular formula is C26H26F3N3O4. The van der Waals surface area contributed by atoms with Crippen molar-refractivity contribution < 1.29 is 32.6 Å². The van der Waals surface area contributed by atoms with Crippen LogP contribution in [0.3, 0.4) is 0 Å². The molecule has 3 amide bonds. The van der Waals surface area contributed by atoms with Gasteiger partial charge in [-0.3, -0.25) is 4.79 Å². The van der Waals surface area contributed by atoms with Crippen LogP contribution in [-0.4, -0.2) is 40.2 Å². The summed E-state index contributed by atoms with van der Waals surface area (Å²) in [6, 6.07) is 8.19. The van der Waals surface area contributed by atoms with Gasteiger partial charge in [0, 0.05) is 42.5 Å². The highest BCUT2D eigenvalue weighted by Gasteiger charge is 2.44. The van der Waals surface area contributed by atoms with E-state index in [1.54, 1.807) is 25.1 Å². The van der Waals surface area contributed by atoms with Crippen molar-refractivity contribution in [3.8, 4) is 5.75 Å². The quantitative estimate of drug-likeness (QED) is 0.505. The summed E-state index contributed by atoms with van der Waals surface area (Å²) in [5, 5.41) is 15.1. The highest BCUT2D eigenvalue weighted by Crippen LogP contribution is 2.50. The van der Waals surface area contributed by atoms with Gasteiger partial charge in [-0.2, -0.15) is 13.2 Å². The number of hydrogen-bond acceptors (Lipinski definition) is 4.